The third-order valence-corrected chi connectivity index (χ3v) is 3.72. The van der Waals surface area contributed by atoms with Gasteiger partial charge in [0.05, 0.1) is 6.10 Å². The second-order valence-corrected chi connectivity index (χ2v) is 5.22. The number of aliphatic hydroxyl groups excluding tert-OH is 1. The molecule has 0 aromatic heterocycles. The number of rotatable bonds is 4. The number of carbonyl (C=O) groups is 1. The van der Waals surface area contributed by atoms with Gasteiger partial charge in [-0.25, -0.2) is 0 Å². The molecule has 0 saturated heterocycles. The molecular weight excluding hydrogens is 232 g/mol. The van der Waals surface area contributed by atoms with Crippen LogP contribution >= 0.6 is 23.4 Å². The van der Waals surface area contributed by atoms with Crippen LogP contribution in [0.3, 0.4) is 0 Å². The van der Waals surface area contributed by atoms with Crippen LogP contribution in [-0.4, -0.2) is 22.7 Å². The van der Waals surface area contributed by atoms with Crippen molar-refractivity contribution in [2.24, 2.45) is 0 Å². The SMILES string of the molecule is CC(O)C(C)Sc1ccc(Cl)cc1C=O. The van der Waals surface area contributed by atoms with Crippen LogP contribution in [0.15, 0.2) is 23.1 Å². The fourth-order valence-corrected chi connectivity index (χ4v) is 2.19. The van der Waals surface area contributed by atoms with Crippen molar-refractivity contribution in [2.75, 3.05) is 0 Å². The highest BCUT2D eigenvalue weighted by Crippen LogP contribution is 2.29. The van der Waals surface area contributed by atoms with Gasteiger partial charge >= 0.3 is 0 Å². The first kappa shape index (κ1) is 12.6. The standard InChI is InChI=1S/C11H13ClO2S/c1-7(14)8(2)15-11-4-3-10(12)5-9(11)6-13/h3-8,14H,1-2H3. The van der Waals surface area contributed by atoms with E-state index in [9.17, 15) is 9.90 Å². The van der Waals surface area contributed by atoms with Gasteiger partial charge in [0.2, 0.25) is 0 Å². The van der Waals surface area contributed by atoms with Crippen LogP contribution in [0, 0.1) is 0 Å². The zero-order chi connectivity index (χ0) is 11.4. The topological polar surface area (TPSA) is 37.3 Å². The van der Waals surface area contributed by atoms with E-state index in [2.05, 4.69) is 0 Å². The molecule has 0 aliphatic heterocycles. The molecule has 82 valence electrons. The van der Waals surface area contributed by atoms with Gasteiger partial charge in [0.25, 0.3) is 0 Å². The highest BCUT2D eigenvalue weighted by Gasteiger charge is 2.12. The second kappa shape index (κ2) is 5.54. The molecule has 0 amide bonds. The van der Waals surface area contributed by atoms with Crippen molar-refractivity contribution in [1.82, 2.24) is 0 Å². The summed E-state index contributed by atoms with van der Waals surface area (Å²) >= 11 is 7.25. The summed E-state index contributed by atoms with van der Waals surface area (Å²) in [5.41, 5.74) is 0.569. The molecular formula is C11H13ClO2S. The maximum Gasteiger partial charge on any atom is 0.151 e. The zero-order valence-electron chi connectivity index (χ0n) is 8.61. The Labute approximate surface area is 98.6 Å². The smallest absolute Gasteiger partial charge is 0.151 e. The number of hydrogen-bond donors (Lipinski definition) is 1. The molecule has 1 rings (SSSR count). The van der Waals surface area contributed by atoms with Crippen molar-refractivity contribution < 1.29 is 9.90 Å². The van der Waals surface area contributed by atoms with Crippen molar-refractivity contribution in [3.8, 4) is 0 Å². The Kier molecular flexibility index (Phi) is 4.64. The van der Waals surface area contributed by atoms with Crippen LogP contribution in [0.1, 0.15) is 24.2 Å². The molecule has 0 saturated carbocycles. The van der Waals surface area contributed by atoms with Gasteiger partial charge in [-0.05, 0) is 25.1 Å². The number of halogens is 1. The van der Waals surface area contributed by atoms with Crippen molar-refractivity contribution >= 4 is 29.6 Å². The Morgan fingerprint density at radius 2 is 2.13 bits per heavy atom. The van der Waals surface area contributed by atoms with Gasteiger partial charge in [-0.1, -0.05) is 18.5 Å². The Morgan fingerprint density at radius 3 is 2.67 bits per heavy atom. The minimum Gasteiger partial charge on any atom is -0.392 e. The van der Waals surface area contributed by atoms with Crippen LogP contribution in [0.2, 0.25) is 5.02 Å². The Bertz CT molecular complexity index is 352. The molecule has 1 N–H and O–H groups in total. The van der Waals surface area contributed by atoms with Crippen molar-refractivity contribution in [2.45, 2.75) is 30.1 Å². The van der Waals surface area contributed by atoms with E-state index in [0.29, 0.717) is 10.6 Å². The van der Waals surface area contributed by atoms with Gasteiger partial charge in [0.1, 0.15) is 0 Å². The van der Waals surface area contributed by atoms with E-state index in [1.165, 1.54) is 11.8 Å². The molecule has 15 heavy (non-hydrogen) atoms. The molecule has 1 aromatic carbocycles. The Morgan fingerprint density at radius 1 is 1.47 bits per heavy atom. The predicted molar refractivity (Wildman–Crippen MR) is 63.8 cm³/mol. The van der Waals surface area contributed by atoms with Gasteiger partial charge in [0, 0.05) is 20.7 Å². The van der Waals surface area contributed by atoms with E-state index >= 15 is 0 Å². The maximum absolute atomic E-state index is 10.8. The molecule has 1 aromatic rings. The maximum atomic E-state index is 10.8. The number of aliphatic hydroxyl groups is 1. The normalized spacial score (nSPS) is 14.7. The third-order valence-electron chi connectivity index (χ3n) is 2.09. The highest BCUT2D eigenvalue weighted by molar-refractivity contribution is 8.00. The zero-order valence-corrected chi connectivity index (χ0v) is 10.2. The van der Waals surface area contributed by atoms with E-state index in [1.807, 2.05) is 6.92 Å². The third kappa shape index (κ3) is 3.52. The van der Waals surface area contributed by atoms with Gasteiger partial charge in [-0.3, -0.25) is 4.79 Å². The fraction of sp³-hybridized carbons (Fsp3) is 0.364. The van der Waals surface area contributed by atoms with Crippen LogP contribution < -0.4 is 0 Å². The first-order chi connectivity index (χ1) is 7.04. The van der Waals surface area contributed by atoms with E-state index < -0.39 is 6.10 Å². The molecule has 2 atom stereocenters. The average molecular weight is 245 g/mol. The summed E-state index contributed by atoms with van der Waals surface area (Å²) in [6.45, 7) is 3.65. The molecule has 0 spiro atoms. The second-order valence-electron chi connectivity index (χ2n) is 3.36. The lowest BCUT2D eigenvalue weighted by Gasteiger charge is -2.15. The van der Waals surface area contributed by atoms with Crippen LogP contribution in [-0.2, 0) is 0 Å². The monoisotopic (exact) mass is 244 g/mol. The summed E-state index contributed by atoms with van der Waals surface area (Å²) in [6, 6.07) is 5.17. The predicted octanol–water partition coefficient (Wildman–Crippen LogP) is 3.01. The van der Waals surface area contributed by atoms with Crippen molar-refractivity contribution in [1.29, 1.82) is 0 Å². The lowest BCUT2D eigenvalue weighted by molar-refractivity contribution is 0.112. The molecule has 0 bridgehead atoms. The number of aldehydes is 1. The summed E-state index contributed by atoms with van der Waals surface area (Å²) in [5.74, 6) is 0. The fourth-order valence-electron chi connectivity index (χ4n) is 1.02. The van der Waals surface area contributed by atoms with Crippen LogP contribution in [0.25, 0.3) is 0 Å². The summed E-state index contributed by atoms with van der Waals surface area (Å²) in [4.78, 5) is 11.6. The molecule has 2 unspecified atom stereocenters. The summed E-state index contributed by atoms with van der Waals surface area (Å²) in [6.07, 6.45) is 0.369. The van der Waals surface area contributed by atoms with Gasteiger partial charge < -0.3 is 5.11 Å². The summed E-state index contributed by atoms with van der Waals surface area (Å²) < 4.78 is 0. The largest absolute Gasteiger partial charge is 0.392 e. The van der Waals surface area contributed by atoms with Crippen LogP contribution in [0.5, 0.6) is 0 Å². The van der Waals surface area contributed by atoms with Crippen LogP contribution in [0.4, 0.5) is 0 Å². The lowest BCUT2D eigenvalue weighted by atomic mass is 10.2. The molecule has 4 heteroatoms. The summed E-state index contributed by atoms with van der Waals surface area (Å²) in [5, 5.41) is 9.96. The number of carbonyl (C=O) groups excluding carboxylic acids is 1. The van der Waals surface area contributed by atoms with E-state index in [4.69, 9.17) is 11.6 Å². The lowest BCUT2D eigenvalue weighted by Crippen LogP contribution is -2.15. The number of benzene rings is 1. The first-order valence-corrected chi connectivity index (χ1v) is 5.90. The minimum atomic E-state index is -0.412. The Hall–Kier alpha value is -0.510. The van der Waals surface area contributed by atoms with E-state index in [0.717, 1.165) is 11.2 Å². The van der Waals surface area contributed by atoms with E-state index in [1.54, 1.807) is 25.1 Å². The molecule has 0 aliphatic rings. The average Bonchev–Trinajstić information content (AvgIpc) is 2.20. The molecule has 0 radical (unpaired) electrons. The molecule has 0 aliphatic carbocycles. The summed E-state index contributed by atoms with van der Waals surface area (Å²) in [7, 11) is 0. The number of thioether (sulfide) groups is 1. The van der Waals surface area contributed by atoms with Crippen molar-refractivity contribution in [3.63, 3.8) is 0 Å². The molecule has 2 nitrogen and oxygen atoms in total. The first-order valence-electron chi connectivity index (χ1n) is 4.64. The number of hydrogen-bond acceptors (Lipinski definition) is 3. The van der Waals surface area contributed by atoms with E-state index in [-0.39, 0.29) is 5.25 Å². The Balaban J connectivity index is 2.89. The van der Waals surface area contributed by atoms with Crippen molar-refractivity contribution in [3.05, 3.63) is 28.8 Å². The van der Waals surface area contributed by atoms with Gasteiger partial charge in [0.15, 0.2) is 6.29 Å². The van der Waals surface area contributed by atoms with Gasteiger partial charge in [-0.2, -0.15) is 0 Å². The molecule has 0 heterocycles. The quantitative estimate of drug-likeness (QED) is 0.654. The molecule has 0 fully saturated rings. The van der Waals surface area contributed by atoms with Gasteiger partial charge in [-0.15, -0.1) is 11.8 Å². The highest BCUT2D eigenvalue weighted by atomic mass is 35.5. The minimum absolute atomic E-state index is 0.0462.